The minimum Gasteiger partial charge on any atom is -0.493 e. The molecule has 4 aromatic rings. The van der Waals surface area contributed by atoms with E-state index in [0.717, 1.165) is 21.0 Å². The van der Waals surface area contributed by atoms with E-state index in [1.54, 1.807) is 30.3 Å². The predicted octanol–water partition coefficient (Wildman–Crippen LogP) is 5.76. The van der Waals surface area contributed by atoms with Crippen molar-refractivity contribution in [3.05, 3.63) is 120 Å². The average molecular weight is 658 g/mol. The summed E-state index contributed by atoms with van der Waals surface area (Å²) in [5.41, 5.74) is 2.40. The number of aryl methyl sites for hydroxylation is 1. The van der Waals surface area contributed by atoms with Gasteiger partial charge in [-0.05, 0) is 63.1 Å². The molecule has 0 aliphatic heterocycles. The van der Waals surface area contributed by atoms with Crippen LogP contribution in [-0.4, -0.2) is 57.5 Å². The Kier molecular flexibility index (Phi) is 11.3. The Bertz CT molecular complexity index is 1770. The first kappa shape index (κ1) is 35.0. The number of anilines is 1. The number of amides is 2. The molecule has 4 rings (SSSR count). The second-order valence-corrected chi connectivity index (χ2v) is 14.2. The summed E-state index contributed by atoms with van der Waals surface area (Å²) in [6.45, 7) is 7.13. The fourth-order valence-electron chi connectivity index (χ4n) is 5.24. The number of hydrogen-bond donors (Lipinski definition) is 1. The number of benzene rings is 4. The van der Waals surface area contributed by atoms with Crippen molar-refractivity contribution < 1.29 is 27.5 Å². The van der Waals surface area contributed by atoms with E-state index in [1.807, 2.05) is 82.3 Å². The summed E-state index contributed by atoms with van der Waals surface area (Å²) in [6.07, 6.45) is 0.230. The minimum atomic E-state index is -4.30. The SMILES string of the molecule is COc1ccc(S(=O)(=O)N(CC(=O)N(Cc2cccc(C)c2)[C@H](Cc2ccccc2)C(=O)NC(C)(C)C)c2ccccc2)cc1OC. The molecule has 9 nitrogen and oxygen atoms in total. The van der Waals surface area contributed by atoms with Crippen LogP contribution in [-0.2, 0) is 32.6 Å². The molecule has 1 N–H and O–H groups in total. The fourth-order valence-corrected chi connectivity index (χ4v) is 6.67. The molecule has 47 heavy (non-hydrogen) atoms. The van der Waals surface area contributed by atoms with Crippen LogP contribution in [0.5, 0.6) is 11.5 Å². The molecular formula is C37H43N3O6S. The Morgan fingerprint density at radius 2 is 1.40 bits per heavy atom. The third-order valence-electron chi connectivity index (χ3n) is 7.47. The number of sulfonamides is 1. The lowest BCUT2D eigenvalue weighted by Crippen LogP contribution is -2.56. The zero-order valence-corrected chi connectivity index (χ0v) is 28.6. The van der Waals surface area contributed by atoms with Gasteiger partial charge in [-0.15, -0.1) is 0 Å². The highest BCUT2D eigenvalue weighted by atomic mass is 32.2. The summed E-state index contributed by atoms with van der Waals surface area (Å²) in [5.74, 6) is -0.275. The Balaban J connectivity index is 1.82. The van der Waals surface area contributed by atoms with Crippen LogP contribution in [0, 0.1) is 6.92 Å². The molecule has 4 aromatic carbocycles. The molecule has 2 amide bonds. The Labute approximate surface area is 278 Å². The van der Waals surface area contributed by atoms with Gasteiger partial charge in [-0.2, -0.15) is 0 Å². The largest absolute Gasteiger partial charge is 0.493 e. The average Bonchev–Trinajstić information content (AvgIpc) is 3.04. The smallest absolute Gasteiger partial charge is 0.264 e. The monoisotopic (exact) mass is 657 g/mol. The van der Waals surface area contributed by atoms with Crippen molar-refractivity contribution in [1.82, 2.24) is 10.2 Å². The number of hydrogen-bond acceptors (Lipinski definition) is 6. The molecule has 10 heteroatoms. The van der Waals surface area contributed by atoms with Crippen LogP contribution in [0.2, 0.25) is 0 Å². The quantitative estimate of drug-likeness (QED) is 0.196. The van der Waals surface area contributed by atoms with Gasteiger partial charge in [0.15, 0.2) is 11.5 Å². The third kappa shape index (κ3) is 9.13. The number of nitrogens with one attached hydrogen (secondary N) is 1. The molecule has 0 aromatic heterocycles. The van der Waals surface area contributed by atoms with Crippen molar-refractivity contribution in [2.75, 3.05) is 25.1 Å². The molecule has 0 bridgehead atoms. The van der Waals surface area contributed by atoms with Gasteiger partial charge in [0, 0.05) is 24.6 Å². The van der Waals surface area contributed by atoms with Crippen LogP contribution in [0.1, 0.15) is 37.5 Å². The zero-order chi connectivity index (χ0) is 34.2. The standard InChI is InChI=1S/C37H43N3O6S/c1-27-14-13-17-29(22-27)25-39(32(36(42)38-37(2,3)4)23-28-15-9-7-10-16-28)35(41)26-40(30-18-11-8-12-19-30)47(43,44)31-20-21-33(45-5)34(24-31)46-6/h7-22,24,32H,23,25-26H2,1-6H3,(H,38,42)/t32-/m1/s1. The van der Waals surface area contributed by atoms with Crippen LogP contribution < -0.4 is 19.1 Å². The first-order valence-electron chi connectivity index (χ1n) is 15.3. The van der Waals surface area contributed by atoms with Gasteiger partial charge in [-0.1, -0.05) is 78.4 Å². The van der Waals surface area contributed by atoms with Gasteiger partial charge in [-0.25, -0.2) is 8.42 Å². The maximum atomic E-state index is 14.6. The van der Waals surface area contributed by atoms with Gasteiger partial charge in [-0.3, -0.25) is 13.9 Å². The zero-order valence-electron chi connectivity index (χ0n) is 27.8. The lowest BCUT2D eigenvalue weighted by Gasteiger charge is -2.35. The molecule has 0 spiro atoms. The van der Waals surface area contributed by atoms with E-state index in [2.05, 4.69) is 5.32 Å². The Hall–Kier alpha value is -4.83. The molecule has 0 radical (unpaired) electrons. The summed E-state index contributed by atoms with van der Waals surface area (Å²) in [6, 6.07) is 29.0. The van der Waals surface area contributed by atoms with Crippen molar-refractivity contribution in [3.63, 3.8) is 0 Å². The van der Waals surface area contributed by atoms with Gasteiger partial charge in [0.05, 0.1) is 24.8 Å². The van der Waals surface area contributed by atoms with Gasteiger partial charge < -0.3 is 19.7 Å². The minimum absolute atomic E-state index is 0.0802. The molecule has 0 fully saturated rings. The summed E-state index contributed by atoms with van der Waals surface area (Å²) < 4.78 is 40.4. The molecule has 0 aliphatic carbocycles. The molecule has 0 aliphatic rings. The maximum Gasteiger partial charge on any atom is 0.264 e. The molecular weight excluding hydrogens is 614 g/mol. The van der Waals surface area contributed by atoms with Crippen molar-refractivity contribution in [2.24, 2.45) is 0 Å². The van der Waals surface area contributed by atoms with E-state index >= 15 is 0 Å². The lowest BCUT2D eigenvalue weighted by atomic mass is 10.0. The molecule has 0 saturated heterocycles. The molecule has 1 atom stereocenters. The summed E-state index contributed by atoms with van der Waals surface area (Å²) in [5, 5.41) is 3.05. The second kappa shape index (κ2) is 15.2. The molecule has 0 saturated carbocycles. The molecule has 0 heterocycles. The normalized spacial score (nSPS) is 12.1. The summed E-state index contributed by atoms with van der Waals surface area (Å²) in [4.78, 5) is 30.0. The van der Waals surface area contributed by atoms with Crippen LogP contribution in [0.15, 0.2) is 108 Å². The highest BCUT2D eigenvalue weighted by Crippen LogP contribution is 2.32. The van der Waals surface area contributed by atoms with Crippen LogP contribution >= 0.6 is 0 Å². The Morgan fingerprint density at radius 1 is 0.787 bits per heavy atom. The number of carbonyl (C=O) groups excluding carboxylic acids is 2. The van der Waals surface area contributed by atoms with E-state index in [9.17, 15) is 18.0 Å². The number of rotatable bonds is 13. The number of nitrogens with zero attached hydrogens (tertiary/aromatic N) is 2. The molecule has 248 valence electrons. The van der Waals surface area contributed by atoms with Gasteiger partial charge in [0.25, 0.3) is 10.0 Å². The fraction of sp³-hybridized carbons (Fsp3) is 0.297. The Morgan fingerprint density at radius 3 is 2.00 bits per heavy atom. The number of ether oxygens (including phenoxy) is 2. The van der Waals surface area contributed by atoms with E-state index in [-0.39, 0.29) is 29.5 Å². The number of para-hydroxylation sites is 1. The highest BCUT2D eigenvalue weighted by molar-refractivity contribution is 7.92. The summed E-state index contributed by atoms with van der Waals surface area (Å²) >= 11 is 0. The van der Waals surface area contributed by atoms with Crippen molar-refractivity contribution in [3.8, 4) is 11.5 Å². The second-order valence-electron chi connectivity index (χ2n) is 12.3. The maximum absolute atomic E-state index is 14.6. The first-order chi connectivity index (χ1) is 22.3. The van der Waals surface area contributed by atoms with Crippen molar-refractivity contribution in [2.45, 2.75) is 57.1 Å². The van der Waals surface area contributed by atoms with Crippen LogP contribution in [0.3, 0.4) is 0 Å². The van der Waals surface area contributed by atoms with Gasteiger partial charge >= 0.3 is 0 Å². The number of methoxy groups -OCH3 is 2. The van der Waals surface area contributed by atoms with Crippen LogP contribution in [0.25, 0.3) is 0 Å². The number of carbonyl (C=O) groups is 2. The summed E-state index contributed by atoms with van der Waals surface area (Å²) in [7, 11) is -1.42. The molecule has 0 unspecified atom stereocenters. The van der Waals surface area contributed by atoms with E-state index < -0.39 is 34.1 Å². The topological polar surface area (TPSA) is 105 Å². The third-order valence-corrected chi connectivity index (χ3v) is 9.24. The lowest BCUT2D eigenvalue weighted by molar-refractivity contribution is -0.140. The first-order valence-corrected chi connectivity index (χ1v) is 16.8. The highest BCUT2D eigenvalue weighted by Gasteiger charge is 2.36. The van der Waals surface area contributed by atoms with E-state index in [0.29, 0.717) is 11.4 Å². The van der Waals surface area contributed by atoms with Crippen molar-refractivity contribution >= 4 is 27.5 Å². The predicted molar refractivity (Wildman–Crippen MR) is 184 cm³/mol. The van der Waals surface area contributed by atoms with Gasteiger partial charge in [0.1, 0.15) is 12.6 Å². The van der Waals surface area contributed by atoms with Crippen molar-refractivity contribution in [1.29, 1.82) is 0 Å². The van der Waals surface area contributed by atoms with E-state index in [4.69, 9.17) is 9.47 Å². The van der Waals surface area contributed by atoms with Crippen LogP contribution in [0.4, 0.5) is 5.69 Å². The van der Waals surface area contributed by atoms with E-state index in [1.165, 1.54) is 37.3 Å². The van der Waals surface area contributed by atoms with Gasteiger partial charge in [0.2, 0.25) is 11.8 Å².